The molecule has 0 unspecified atom stereocenters. The summed E-state index contributed by atoms with van der Waals surface area (Å²) in [5.41, 5.74) is 1.85. The van der Waals surface area contributed by atoms with Gasteiger partial charge in [0.2, 0.25) is 0 Å². The lowest BCUT2D eigenvalue weighted by molar-refractivity contribution is 1.59. The molecule has 0 heterocycles. The lowest BCUT2D eigenvalue weighted by Gasteiger charge is -2.00. The summed E-state index contributed by atoms with van der Waals surface area (Å²) in [5, 5.41) is 0. The van der Waals surface area contributed by atoms with E-state index in [1.807, 2.05) is 24.3 Å². The van der Waals surface area contributed by atoms with Gasteiger partial charge in [-0.1, -0.05) is 58.3 Å². The molecule has 0 atom stereocenters. The predicted molar refractivity (Wildman–Crippen MR) is 59.6 cm³/mol. The fraction of sp³-hybridized carbons (Fsp3) is 0. The van der Waals surface area contributed by atoms with Crippen LogP contribution in [0, 0.1) is 0 Å². The van der Waals surface area contributed by atoms with Crippen molar-refractivity contribution in [3.05, 3.63) is 59.0 Å². The molecule has 0 bridgehead atoms. The van der Waals surface area contributed by atoms with Gasteiger partial charge in [0.25, 0.3) is 0 Å². The van der Waals surface area contributed by atoms with E-state index in [4.69, 9.17) is 2.74 Å². The van der Waals surface area contributed by atoms with Crippen LogP contribution < -0.4 is 0 Å². The van der Waals surface area contributed by atoms with Gasteiger partial charge in [0.15, 0.2) is 0 Å². The highest BCUT2D eigenvalue weighted by molar-refractivity contribution is 9.10. The summed E-state index contributed by atoms with van der Waals surface area (Å²) in [6.07, 6.45) is 0. The van der Waals surface area contributed by atoms with Crippen LogP contribution in [0.4, 0.5) is 0 Å². The second-order valence-corrected chi connectivity index (χ2v) is 3.62. The Balaban J connectivity index is 2.53. The molecule has 0 nitrogen and oxygen atoms in total. The maximum Gasteiger partial charge on any atom is 0.0629 e. The van der Waals surface area contributed by atoms with Gasteiger partial charge in [-0.25, -0.2) is 0 Å². The highest BCUT2D eigenvalue weighted by Crippen LogP contribution is 2.22. The van der Waals surface area contributed by atoms with Crippen LogP contribution in [0.5, 0.6) is 0 Å². The molecule has 0 aliphatic heterocycles. The van der Waals surface area contributed by atoms with Gasteiger partial charge in [-0.2, -0.15) is 0 Å². The number of halogens is 1. The highest BCUT2D eigenvalue weighted by atomic mass is 79.9. The Morgan fingerprint density at radius 2 is 1.77 bits per heavy atom. The number of benzene rings is 2. The minimum atomic E-state index is 0.486. The van der Waals surface area contributed by atoms with Crippen LogP contribution in [0.3, 0.4) is 0 Å². The summed E-state index contributed by atoms with van der Waals surface area (Å²) in [5.74, 6) is 0. The Bertz CT molecular complexity index is 477. The maximum absolute atomic E-state index is 7.79. The Morgan fingerprint density at radius 3 is 2.54 bits per heavy atom. The number of hydrogen-bond donors (Lipinski definition) is 0. The molecule has 0 N–H and O–H groups in total. The fourth-order valence-corrected chi connectivity index (χ4v) is 1.53. The third kappa shape index (κ3) is 1.99. The van der Waals surface area contributed by atoms with Gasteiger partial charge in [-0.3, -0.25) is 0 Å². The van der Waals surface area contributed by atoms with Crippen molar-refractivity contribution in [1.82, 2.24) is 0 Å². The van der Waals surface area contributed by atoms with Gasteiger partial charge in [0.1, 0.15) is 0 Å². The average Bonchev–Trinajstić information content (AvgIpc) is 2.23. The molecule has 0 saturated heterocycles. The molecule has 2 aromatic carbocycles. The van der Waals surface area contributed by atoms with Gasteiger partial charge >= 0.3 is 0 Å². The molecule has 1 heteroatoms. The Kier molecular flexibility index (Phi) is 1.84. The van der Waals surface area contributed by atoms with Gasteiger partial charge in [0.05, 0.1) is 2.74 Å². The Morgan fingerprint density at radius 1 is 1.00 bits per heavy atom. The quantitative estimate of drug-likeness (QED) is 0.697. The van der Waals surface area contributed by atoms with Crippen molar-refractivity contribution >= 4 is 15.9 Å². The third-order valence-corrected chi connectivity index (χ3v) is 2.29. The van der Waals surface area contributed by atoms with E-state index in [1.54, 1.807) is 18.2 Å². The van der Waals surface area contributed by atoms with Crippen LogP contribution in [0.2, 0.25) is 0 Å². The molecule has 2 rings (SSSR count). The first-order chi connectivity index (χ1) is 7.16. The predicted octanol–water partition coefficient (Wildman–Crippen LogP) is 4.12. The summed E-state index contributed by atoms with van der Waals surface area (Å²) in [6.45, 7) is 0. The third-order valence-electron chi connectivity index (χ3n) is 1.79. The summed E-state index contributed by atoms with van der Waals surface area (Å²) in [4.78, 5) is 0. The maximum atomic E-state index is 7.79. The molecule has 2 aromatic rings. The van der Waals surface area contributed by atoms with Crippen LogP contribution in [-0.2, 0) is 0 Å². The standard InChI is InChI=1S/C12H9Br/c13-12-8-4-7-11(9-12)10-5-2-1-3-6-10/h1-9H/i1D,7D. The number of hydrogen-bond acceptors (Lipinski definition) is 0. The van der Waals surface area contributed by atoms with E-state index in [0.29, 0.717) is 12.1 Å². The van der Waals surface area contributed by atoms with Crippen molar-refractivity contribution in [3.63, 3.8) is 0 Å². The van der Waals surface area contributed by atoms with Crippen molar-refractivity contribution < 1.29 is 2.74 Å². The van der Waals surface area contributed by atoms with E-state index in [9.17, 15) is 0 Å². The Labute approximate surface area is 89.2 Å². The van der Waals surface area contributed by atoms with Crippen molar-refractivity contribution in [2.75, 3.05) is 0 Å². The molecule has 0 aromatic heterocycles. The van der Waals surface area contributed by atoms with Crippen molar-refractivity contribution in [2.45, 2.75) is 0 Å². The summed E-state index contributed by atoms with van der Waals surface area (Å²) in [6, 6.07) is 13.7. The highest BCUT2D eigenvalue weighted by Gasteiger charge is 1.95. The lowest BCUT2D eigenvalue weighted by atomic mass is 10.1. The second-order valence-electron chi connectivity index (χ2n) is 2.71. The minimum absolute atomic E-state index is 0.486. The van der Waals surface area contributed by atoms with E-state index in [1.165, 1.54) is 0 Å². The lowest BCUT2D eigenvalue weighted by Crippen LogP contribution is -1.75. The molecule has 13 heavy (non-hydrogen) atoms. The smallest absolute Gasteiger partial charge is 0.0622 e. The summed E-state index contributed by atoms with van der Waals surface area (Å²) < 4.78 is 16.1. The first-order valence-electron chi connectivity index (χ1n) is 5.00. The molecule has 0 aliphatic carbocycles. The van der Waals surface area contributed by atoms with E-state index in [-0.39, 0.29) is 0 Å². The van der Waals surface area contributed by atoms with Gasteiger partial charge in [-0.05, 0) is 23.3 Å². The van der Waals surface area contributed by atoms with Gasteiger partial charge in [-0.15, -0.1) is 0 Å². The van der Waals surface area contributed by atoms with Gasteiger partial charge in [0, 0.05) is 4.47 Å². The Hall–Kier alpha value is -1.08. The molecular weight excluding hydrogens is 224 g/mol. The van der Waals surface area contributed by atoms with E-state index >= 15 is 0 Å². The monoisotopic (exact) mass is 234 g/mol. The summed E-state index contributed by atoms with van der Waals surface area (Å²) >= 11 is 3.39. The molecule has 0 spiro atoms. The zero-order chi connectivity index (χ0) is 10.8. The zero-order valence-electron chi connectivity index (χ0n) is 8.92. The average molecular weight is 235 g/mol. The largest absolute Gasteiger partial charge is 0.0629 e. The van der Waals surface area contributed by atoms with Crippen LogP contribution >= 0.6 is 15.9 Å². The molecule has 0 radical (unpaired) electrons. The number of rotatable bonds is 1. The molecule has 64 valence electrons. The van der Waals surface area contributed by atoms with Crippen molar-refractivity contribution in [2.24, 2.45) is 0 Å². The van der Waals surface area contributed by atoms with Crippen molar-refractivity contribution in [3.8, 4) is 11.1 Å². The fourth-order valence-electron chi connectivity index (χ4n) is 1.17. The first kappa shape index (κ1) is 6.39. The van der Waals surface area contributed by atoms with E-state index < -0.39 is 0 Å². The normalized spacial score (nSPS) is 12.1. The van der Waals surface area contributed by atoms with E-state index in [2.05, 4.69) is 15.9 Å². The molecule has 0 amide bonds. The van der Waals surface area contributed by atoms with Crippen LogP contribution in [-0.4, -0.2) is 0 Å². The van der Waals surface area contributed by atoms with Crippen molar-refractivity contribution in [1.29, 1.82) is 0 Å². The molecule has 0 saturated carbocycles. The van der Waals surface area contributed by atoms with Crippen LogP contribution in [0.1, 0.15) is 2.74 Å². The first-order valence-corrected chi connectivity index (χ1v) is 4.79. The summed E-state index contributed by atoms with van der Waals surface area (Å²) in [7, 11) is 0. The zero-order valence-corrected chi connectivity index (χ0v) is 8.51. The van der Waals surface area contributed by atoms with Gasteiger partial charge < -0.3 is 0 Å². The second kappa shape index (κ2) is 3.75. The molecule has 0 fully saturated rings. The van der Waals surface area contributed by atoms with Crippen LogP contribution in [0.25, 0.3) is 11.1 Å². The minimum Gasteiger partial charge on any atom is -0.0622 e. The van der Waals surface area contributed by atoms with Crippen LogP contribution in [0.15, 0.2) is 59.0 Å². The topological polar surface area (TPSA) is 0 Å². The SMILES string of the molecule is [2H]c1ccc(-c2cc(Br)ccc2[2H])cc1. The molecule has 0 aliphatic rings. The van der Waals surface area contributed by atoms with E-state index in [0.717, 1.165) is 15.6 Å². The molecular formula is C12H9Br.